The minimum Gasteiger partial charge on any atom is -0.493 e. The van der Waals surface area contributed by atoms with Crippen molar-refractivity contribution in [2.75, 3.05) is 41.4 Å². The zero-order valence-corrected chi connectivity index (χ0v) is 13.7. The first-order chi connectivity index (χ1) is 9.08. The summed E-state index contributed by atoms with van der Waals surface area (Å²) in [6.45, 7) is 2.49. The molecule has 0 saturated carbocycles. The molecule has 5 heteroatoms. The molecule has 0 radical (unpaired) electrons. The summed E-state index contributed by atoms with van der Waals surface area (Å²) in [5.74, 6) is 1.55. The molecule has 0 atom stereocenters. The first-order valence-corrected chi connectivity index (χ1v) is 7.16. The Hall–Kier alpha value is -0.780. The van der Waals surface area contributed by atoms with Gasteiger partial charge in [0.15, 0.2) is 11.5 Å². The molecule has 108 valence electrons. The van der Waals surface area contributed by atoms with Crippen LogP contribution in [0.25, 0.3) is 0 Å². The average molecular weight is 331 g/mol. The van der Waals surface area contributed by atoms with Crippen LogP contribution in [0.3, 0.4) is 0 Å². The number of nitrogens with zero attached hydrogens (tertiary/aromatic N) is 1. The third-order valence-electron chi connectivity index (χ3n) is 2.67. The summed E-state index contributed by atoms with van der Waals surface area (Å²) in [5, 5.41) is 3.12. The third-order valence-corrected chi connectivity index (χ3v) is 3.26. The Bertz CT molecular complexity index is 397. The van der Waals surface area contributed by atoms with E-state index in [9.17, 15) is 0 Å². The van der Waals surface area contributed by atoms with Gasteiger partial charge < -0.3 is 19.7 Å². The Morgan fingerprint density at radius 3 is 2.63 bits per heavy atom. The van der Waals surface area contributed by atoms with Crippen molar-refractivity contribution < 1.29 is 9.47 Å². The molecule has 1 rings (SSSR count). The van der Waals surface area contributed by atoms with Crippen molar-refractivity contribution >= 4 is 15.9 Å². The molecule has 0 saturated heterocycles. The van der Waals surface area contributed by atoms with Crippen LogP contribution >= 0.6 is 15.9 Å². The first kappa shape index (κ1) is 16.3. The van der Waals surface area contributed by atoms with Crippen LogP contribution in [0.1, 0.15) is 12.0 Å². The van der Waals surface area contributed by atoms with Gasteiger partial charge in [-0.15, -0.1) is 0 Å². The smallest absolute Gasteiger partial charge is 0.175 e. The number of ether oxygens (including phenoxy) is 2. The van der Waals surface area contributed by atoms with E-state index in [4.69, 9.17) is 9.47 Å². The van der Waals surface area contributed by atoms with E-state index in [0.29, 0.717) is 6.61 Å². The zero-order valence-electron chi connectivity index (χ0n) is 12.1. The van der Waals surface area contributed by atoms with Crippen LogP contribution in [0.15, 0.2) is 16.6 Å². The Morgan fingerprint density at radius 2 is 2.05 bits per heavy atom. The van der Waals surface area contributed by atoms with Crippen molar-refractivity contribution in [3.8, 4) is 11.5 Å². The summed E-state index contributed by atoms with van der Waals surface area (Å²) < 4.78 is 12.2. The highest BCUT2D eigenvalue weighted by atomic mass is 79.9. The van der Waals surface area contributed by atoms with Gasteiger partial charge in [0.25, 0.3) is 0 Å². The molecule has 0 aromatic heterocycles. The molecular weight excluding hydrogens is 308 g/mol. The summed E-state index contributed by atoms with van der Waals surface area (Å²) in [6.07, 6.45) is 0.987. The third kappa shape index (κ3) is 5.38. The van der Waals surface area contributed by atoms with Gasteiger partial charge in [-0.1, -0.05) is 0 Å². The lowest BCUT2D eigenvalue weighted by Gasteiger charge is -2.15. The van der Waals surface area contributed by atoms with Crippen LogP contribution in [-0.2, 0) is 6.54 Å². The minimum atomic E-state index is 0.679. The highest BCUT2D eigenvalue weighted by Crippen LogP contribution is 2.36. The summed E-state index contributed by atoms with van der Waals surface area (Å²) in [4.78, 5) is 2.14. The van der Waals surface area contributed by atoms with E-state index in [0.717, 1.165) is 41.0 Å². The summed E-state index contributed by atoms with van der Waals surface area (Å²) in [7, 11) is 7.70. The molecule has 1 N–H and O–H groups in total. The summed E-state index contributed by atoms with van der Waals surface area (Å²) in [6, 6.07) is 4.06. The molecule has 0 fully saturated rings. The van der Waals surface area contributed by atoms with E-state index in [1.54, 1.807) is 7.11 Å². The summed E-state index contributed by atoms with van der Waals surface area (Å²) in [5.41, 5.74) is 1.16. The van der Waals surface area contributed by atoms with Gasteiger partial charge in [0.05, 0.1) is 18.2 Å². The maximum Gasteiger partial charge on any atom is 0.175 e. The van der Waals surface area contributed by atoms with Gasteiger partial charge in [0, 0.05) is 13.1 Å². The van der Waals surface area contributed by atoms with Crippen LogP contribution in [0.4, 0.5) is 0 Å². The molecule has 0 bridgehead atoms. The topological polar surface area (TPSA) is 33.7 Å². The van der Waals surface area contributed by atoms with Gasteiger partial charge in [0.2, 0.25) is 0 Å². The van der Waals surface area contributed by atoms with Crippen LogP contribution in [0.2, 0.25) is 0 Å². The Kier molecular flexibility index (Phi) is 7.20. The maximum absolute atomic E-state index is 5.82. The first-order valence-electron chi connectivity index (χ1n) is 6.37. The molecule has 1 aromatic rings. The van der Waals surface area contributed by atoms with Crippen molar-refractivity contribution in [2.45, 2.75) is 13.0 Å². The van der Waals surface area contributed by atoms with Crippen LogP contribution in [0.5, 0.6) is 11.5 Å². The monoisotopic (exact) mass is 330 g/mol. The van der Waals surface area contributed by atoms with E-state index in [1.165, 1.54) is 0 Å². The highest BCUT2D eigenvalue weighted by Gasteiger charge is 2.11. The normalized spacial score (nSPS) is 10.8. The molecule has 0 aliphatic carbocycles. The Morgan fingerprint density at radius 1 is 1.32 bits per heavy atom. The second-order valence-corrected chi connectivity index (χ2v) is 5.50. The second kappa shape index (κ2) is 8.40. The molecule has 19 heavy (non-hydrogen) atoms. The molecule has 0 spiro atoms. The standard InChI is InChI=1S/C14H23BrN2O2/c1-16-10-11-8-12(15)14(13(9-11)18-4)19-7-5-6-17(2)3/h8-9,16H,5-7,10H2,1-4H3. The average Bonchev–Trinajstić information content (AvgIpc) is 2.36. The van der Waals surface area contributed by atoms with Gasteiger partial charge in [-0.2, -0.15) is 0 Å². The molecule has 0 heterocycles. The largest absolute Gasteiger partial charge is 0.493 e. The minimum absolute atomic E-state index is 0.679. The predicted octanol–water partition coefficient (Wildman–Crippen LogP) is 2.51. The van der Waals surface area contributed by atoms with Crippen LogP contribution in [-0.4, -0.2) is 46.3 Å². The van der Waals surface area contributed by atoms with Crippen molar-refractivity contribution in [1.82, 2.24) is 10.2 Å². The van der Waals surface area contributed by atoms with E-state index >= 15 is 0 Å². The number of rotatable bonds is 8. The van der Waals surface area contributed by atoms with Crippen molar-refractivity contribution in [3.05, 3.63) is 22.2 Å². The number of hydrogen-bond acceptors (Lipinski definition) is 4. The highest BCUT2D eigenvalue weighted by molar-refractivity contribution is 9.10. The van der Waals surface area contributed by atoms with Crippen molar-refractivity contribution in [3.63, 3.8) is 0 Å². The molecule has 0 unspecified atom stereocenters. The summed E-state index contributed by atoms with van der Waals surface area (Å²) >= 11 is 3.55. The van der Waals surface area contributed by atoms with E-state index in [1.807, 2.05) is 13.1 Å². The SMILES string of the molecule is CNCc1cc(Br)c(OCCCN(C)C)c(OC)c1. The van der Waals surface area contributed by atoms with Crippen molar-refractivity contribution in [2.24, 2.45) is 0 Å². The number of benzene rings is 1. The van der Waals surface area contributed by atoms with E-state index in [-0.39, 0.29) is 0 Å². The Labute approximate surface area is 124 Å². The molecule has 1 aromatic carbocycles. The lowest BCUT2D eigenvalue weighted by atomic mass is 10.2. The van der Waals surface area contributed by atoms with Crippen LogP contribution in [0, 0.1) is 0 Å². The van der Waals surface area contributed by atoms with Crippen molar-refractivity contribution in [1.29, 1.82) is 0 Å². The number of methoxy groups -OCH3 is 1. The van der Waals surface area contributed by atoms with Gasteiger partial charge >= 0.3 is 0 Å². The lowest BCUT2D eigenvalue weighted by Crippen LogP contribution is -2.15. The fourth-order valence-corrected chi connectivity index (χ4v) is 2.38. The van der Waals surface area contributed by atoms with E-state index < -0.39 is 0 Å². The quantitative estimate of drug-likeness (QED) is 0.742. The number of nitrogens with one attached hydrogen (secondary N) is 1. The number of hydrogen-bond donors (Lipinski definition) is 1. The fourth-order valence-electron chi connectivity index (χ4n) is 1.77. The zero-order chi connectivity index (χ0) is 14.3. The molecule has 4 nitrogen and oxygen atoms in total. The van der Waals surface area contributed by atoms with Gasteiger partial charge in [-0.25, -0.2) is 0 Å². The van der Waals surface area contributed by atoms with Gasteiger partial charge in [-0.05, 0) is 61.2 Å². The molecule has 0 aliphatic heterocycles. The number of halogens is 1. The van der Waals surface area contributed by atoms with Crippen LogP contribution < -0.4 is 14.8 Å². The molecule has 0 aliphatic rings. The Balaban J connectivity index is 2.70. The van der Waals surface area contributed by atoms with Gasteiger partial charge in [0.1, 0.15) is 0 Å². The fraction of sp³-hybridized carbons (Fsp3) is 0.571. The second-order valence-electron chi connectivity index (χ2n) is 4.64. The van der Waals surface area contributed by atoms with E-state index in [2.05, 4.69) is 46.3 Å². The molecule has 0 amide bonds. The van der Waals surface area contributed by atoms with Gasteiger partial charge in [-0.3, -0.25) is 0 Å². The maximum atomic E-state index is 5.82. The molecular formula is C14H23BrN2O2. The predicted molar refractivity (Wildman–Crippen MR) is 82.1 cm³/mol. The lowest BCUT2D eigenvalue weighted by molar-refractivity contribution is 0.266.